The molecule has 0 saturated carbocycles. The fourth-order valence-electron chi connectivity index (χ4n) is 4.34. The summed E-state index contributed by atoms with van der Waals surface area (Å²) < 4.78 is 5.44. The second-order valence-electron chi connectivity index (χ2n) is 8.57. The zero-order chi connectivity index (χ0) is 23.0. The lowest BCUT2D eigenvalue weighted by atomic mass is 10.0. The van der Waals surface area contributed by atoms with Gasteiger partial charge in [-0.2, -0.15) is 0 Å². The lowest BCUT2D eigenvalue weighted by molar-refractivity contribution is -0.115. The quantitative estimate of drug-likeness (QED) is 0.520. The van der Waals surface area contributed by atoms with Crippen molar-refractivity contribution in [3.8, 4) is 0 Å². The standard InChI is InChI=1S/C27H31N3O3/c1-21(31)20-28-23-9-5-10-25(19-23)30(27(32)26-11-6-18-33-26)24-13-16-29(17-14-24)15-12-22-7-3-2-4-8-22/h2-11,18-19,24,28H,12-17,20H2,1H3. The Balaban J connectivity index is 1.46. The maximum absolute atomic E-state index is 13.4. The first-order chi connectivity index (χ1) is 16.1. The molecule has 1 aliphatic rings. The highest BCUT2D eigenvalue weighted by molar-refractivity contribution is 6.05. The molecule has 0 aliphatic carbocycles. The van der Waals surface area contributed by atoms with Gasteiger partial charge in [0.1, 0.15) is 5.78 Å². The van der Waals surface area contributed by atoms with Gasteiger partial charge in [-0.15, -0.1) is 0 Å². The molecule has 2 heterocycles. The van der Waals surface area contributed by atoms with Crippen molar-refractivity contribution in [2.75, 3.05) is 36.4 Å². The number of hydrogen-bond acceptors (Lipinski definition) is 5. The van der Waals surface area contributed by atoms with Crippen molar-refractivity contribution in [1.29, 1.82) is 0 Å². The van der Waals surface area contributed by atoms with Crippen LogP contribution in [0.25, 0.3) is 0 Å². The number of carbonyl (C=O) groups excluding carboxylic acids is 2. The number of piperidine rings is 1. The molecule has 0 atom stereocenters. The number of likely N-dealkylation sites (tertiary alicyclic amines) is 1. The van der Waals surface area contributed by atoms with E-state index in [-0.39, 0.29) is 24.3 Å². The van der Waals surface area contributed by atoms with Crippen molar-refractivity contribution in [2.45, 2.75) is 32.2 Å². The summed E-state index contributed by atoms with van der Waals surface area (Å²) in [4.78, 5) is 29.1. The molecule has 0 spiro atoms. The van der Waals surface area contributed by atoms with Crippen LogP contribution in [0.3, 0.4) is 0 Å². The normalized spacial score (nSPS) is 14.7. The Hall–Kier alpha value is -3.38. The zero-order valence-corrected chi connectivity index (χ0v) is 19.1. The molecule has 0 bridgehead atoms. The van der Waals surface area contributed by atoms with Gasteiger partial charge < -0.3 is 19.5 Å². The van der Waals surface area contributed by atoms with E-state index in [0.717, 1.165) is 50.3 Å². The lowest BCUT2D eigenvalue weighted by Gasteiger charge is -2.38. The minimum absolute atomic E-state index is 0.0618. The number of rotatable bonds is 9. The number of furan rings is 1. The van der Waals surface area contributed by atoms with Crippen LogP contribution in [0.4, 0.5) is 11.4 Å². The van der Waals surface area contributed by atoms with Crippen LogP contribution in [0.15, 0.2) is 77.4 Å². The molecule has 6 nitrogen and oxygen atoms in total. The number of hydrogen-bond donors (Lipinski definition) is 1. The summed E-state index contributed by atoms with van der Waals surface area (Å²) in [7, 11) is 0. The number of benzene rings is 2. The van der Waals surface area contributed by atoms with Crippen molar-refractivity contribution in [1.82, 2.24) is 4.90 Å². The Morgan fingerprint density at radius 1 is 1.03 bits per heavy atom. The molecule has 1 aliphatic heterocycles. The number of amides is 1. The summed E-state index contributed by atoms with van der Waals surface area (Å²) in [6.07, 6.45) is 4.35. The smallest absolute Gasteiger partial charge is 0.294 e. The predicted octanol–water partition coefficient (Wildman–Crippen LogP) is 4.63. The van der Waals surface area contributed by atoms with Crippen LogP contribution in [0.2, 0.25) is 0 Å². The van der Waals surface area contributed by atoms with E-state index in [4.69, 9.17) is 4.42 Å². The van der Waals surface area contributed by atoms with Gasteiger partial charge in [-0.05, 0) is 62.1 Å². The van der Waals surface area contributed by atoms with Gasteiger partial charge in [0.05, 0.1) is 12.8 Å². The highest BCUT2D eigenvalue weighted by Crippen LogP contribution is 2.28. The second kappa shape index (κ2) is 11.0. The molecular weight excluding hydrogens is 414 g/mol. The van der Waals surface area contributed by atoms with E-state index in [1.54, 1.807) is 19.1 Å². The first-order valence-corrected chi connectivity index (χ1v) is 11.6. The SMILES string of the molecule is CC(=O)CNc1cccc(N(C(=O)c2ccco2)C2CCN(CCc3ccccc3)CC2)c1. The van der Waals surface area contributed by atoms with Gasteiger partial charge >= 0.3 is 0 Å². The van der Waals surface area contributed by atoms with Crippen LogP contribution >= 0.6 is 0 Å². The Labute approximate surface area is 195 Å². The van der Waals surface area contributed by atoms with Crippen LogP contribution in [0.1, 0.15) is 35.9 Å². The van der Waals surface area contributed by atoms with Gasteiger partial charge in [-0.3, -0.25) is 9.59 Å². The van der Waals surface area contributed by atoms with Gasteiger partial charge in [0.2, 0.25) is 0 Å². The number of carbonyl (C=O) groups is 2. The van der Waals surface area contributed by atoms with Crippen LogP contribution in [0.5, 0.6) is 0 Å². The number of nitrogens with one attached hydrogen (secondary N) is 1. The highest BCUT2D eigenvalue weighted by atomic mass is 16.3. The van der Waals surface area contributed by atoms with Gasteiger partial charge in [0, 0.05) is 37.1 Å². The van der Waals surface area contributed by atoms with Crippen LogP contribution < -0.4 is 10.2 Å². The summed E-state index contributed by atoms with van der Waals surface area (Å²) in [5.74, 6) is 0.266. The van der Waals surface area contributed by atoms with E-state index < -0.39 is 0 Å². The molecule has 0 radical (unpaired) electrons. The predicted molar refractivity (Wildman–Crippen MR) is 131 cm³/mol. The van der Waals surface area contributed by atoms with Gasteiger partial charge in [-0.1, -0.05) is 36.4 Å². The van der Waals surface area contributed by atoms with E-state index >= 15 is 0 Å². The van der Waals surface area contributed by atoms with E-state index in [9.17, 15) is 9.59 Å². The molecule has 1 aromatic heterocycles. The second-order valence-corrected chi connectivity index (χ2v) is 8.57. The maximum atomic E-state index is 13.4. The number of Topliss-reactive ketones (excluding diaryl/α,β-unsaturated/α-hetero) is 1. The molecule has 172 valence electrons. The molecule has 1 fully saturated rings. The first-order valence-electron chi connectivity index (χ1n) is 11.6. The van der Waals surface area contributed by atoms with E-state index in [1.165, 1.54) is 11.8 Å². The molecule has 1 saturated heterocycles. The van der Waals surface area contributed by atoms with Crippen LogP contribution in [-0.2, 0) is 11.2 Å². The summed E-state index contributed by atoms with van der Waals surface area (Å²) >= 11 is 0. The van der Waals surface area contributed by atoms with Crippen molar-refractivity contribution >= 4 is 23.1 Å². The van der Waals surface area contributed by atoms with Gasteiger partial charge in [0.15, 0.2) is 5.76 Å². The summed E-state index contributed by atoms with van der Waals surface area (Å²) in [6, 6.07) is 21.8. The fraction of sp³-hybridized carbons (Fsp3) is 0.333. The minimum atomic E-state index is -0.133. The van der Waals surface area contributed by atoms with Gasteiger partial charge in [-0.25, -0.2) is 0 Å². The first kappa shape index (κ1) is 22.8. The van der Waals surface area contributed by atoms with Crippen molar-refractivity contribution in [2.24, 2.45) is 0 Å². The molecule has 0 unspecified atom stereocenters. The third-order valence-electron chi connectivity index (χ3n) is 6.10. The molecule has 4 rings (SSSR count). The third kappa shape index (κ3) is 6.11. The summed E-state index contributed by atoms with van der Waals surface area (Å²) in [5.41, 5.74) is 2.98. The van der Waals surface area contributed by atoms with Crippen LogP contribution in [0, 0.1) is 0 Å². The number of ketones is 1. The topological polar surface area (TPSA) is 65.8 Å². The molecule has 1 N–H and O–H groups in total. The van der Waals surface area contributed by atoms with Gasteiger partial charge in [0.25, 0.3) is 5.91 Å². The molecule has 3 aromatic rings. The van der Waals surface area contributed by atoms with Crippen molar-refractivity contribution in [3.05, 3.63) is 84.3 Å². The van der Waals surface area contributed by atoms with Crippen molar-refractivity contribution < 1.29 is 14.0 Å². The molecule has 2 aromatic carbocycles. The largest absolute Gasteiger partial charge is 0.459 e. The molecule has 33 heavy (non-hydrogen) atoms. The Morgan fingerprint density at radius 2 is 1.82 bits per heavy atom. The molecule has 1 amide bonds. The van der Waals surface area contributed by atoms with Crippen molar-refractivity contribution in [3.63, 3.8) is 0 Å². The fourth-order valence-corrected chi connectivity index (χ4v) is 4.34. The summed E-state index contributed by atoms with van der Waals surface area (Å²) in [6.45, 7) is 4.72. The van der Waals surface area contributed by atoms with E-state index in [1.807, 2.05) is 35.2 Å². The minimum Gasteiger partial charge on any atom is -0.459 e. The van der Waals surface area contributed by atoms with Crippen LogP contribution in [-0.4, -0.2) is 48.8 Å². The highest BCUT2D eigenvalue weighted by Gasteiger charge is 2.31. The summed E-state index contributed by atoms with van der Waals surface area (Å²) in [5, 5.41) is 3.14. The third-order valence-corrected chi connectivity index (χ3v) is 6.10. The average molecular weight is 446 g/mol. The Bertz CT molecular complexity index is 1040. The Kier molecular flexibility index (Phi) is 7.58. The number of anilines is 2. The van der Waals surface area contributed by atoms with E-state index in [0.29, 0.717) is 5.76 Å². The lowest BCUT2D eigenvalue weighted by Crippen LogP contribution is -2.48. The van der Waals surface area contributed by atoms with E-state index in [2.05, 4.69) is 34.5 Å². The number of nitrogens with zero attached hydrogens (tertiary/aromatic N) is 2. The molecular formula is C27H31N3O3. The zero-order valence-electron chi connectivity index (χ0n) is 19.1. The Morgan fingerprint density at radius 3 is 2.52 bits per heavy atom. The average Bonchev–Trinajstić information content (AvgIpc) is 3.38. The monoisotopic (exact) mass is 445 g/mol. The molecule has 6 heteroatoms. The maximum Gasteiger partial charge on any atom is 0.294 e.